The molecule has 62 valence electrons. The van der Waals surface area contributed by atoms with Gasteiger partial charge in [0.25, 0.3) is 0 Å². The van der Waals surface area contributed by atoms with Crippen molar-refractivity contribution in [2.24, 2.45) is 4.01 Å². The van der Waals surface area contributed by atoms with Crippen molar-refractivity contribution < 1.29 is 0 Å². The molecule has 1 heterocycles. The molecule has 0 aromatic rings. The fraction of sp³-hybridized carbons (Fsp3) is 0.875. The van der Waals surface area contributed by atoms with Crippen LogP contribution in [0.3, 0.4) is 0 Å². The summed E-state index contributed by atoms with van der Waals surface area (Å²) in [6.07, 6.45) is 9.21. The fourth-order valence-corrected chi connectivity index (χ4v) is 3.24. The fourth-order valence-electron chi connectivity index (χ4n) is 1.84. The average molecular weight is 217 g/mol. The quantitative estimate of drug-likeness (QED) is 0.603. The summed E-state index contributed by atoms with van der Waals surface area (Å²) >= 11 is 0.539. The predicted molar refractivity (Wildman–Crippen MR) is 47.8 cm³/mol. The van der Waals surface area contributed by atoms with Crippen LogP contribution in [0.5, 0.6) is 0 Å². The average Bonchev–Trinajstić information content (AvgIpc) is 2.58. The topological polar surface area (TPSA) is 15.6 Å². The van der Waals surface area contributed by atoms with E-state index in [9.17, 15) is 0 Å². The predicted octanol–water partition coefficient (Wildman–Crippen LogP) is 1.24. The van der Waals surface area contributed by atoms with E-state index in [2.05, 4.69) is 15.2 Å². The van der Waals surface area contributed by atoms with Crippen molar-refractivity contribution in [2.75, 3.05) is 5.44 Å². The maximum atomic E-state index is 4.30. The third-order valence-electron chi connectivity index (χ3n) is 2.52. The first-order valence-electron chi connectivity index (χ1n) is 4.38. The minimum atomic E-state index is 0.539. The summed E-state index contributed by atoms with van der Waals surface area (Å²) in [7, 11) is 0. The summed E-state index contributed by atoms with van der Waals surface area (Å²) < 4.78 is 4.30. The van der Waals surface area contributed by atoms with Crippen molar-refractivity contribution >= 4 is 21.5 Å². The molecule has 3 heteroatoms. The van der Waals surface area contributed by atoms with Gasteiger partial charge < -0.3 is 0 Å². The molecule has 0 spiro atoms. The van der Waals surface area contributed by atoms with E-state index >= 15 is 0 Å². The molecule has 2 aliphatic rings. The second kappa shape index (κ2) is 3.59. The van der Waals surface area contributed by atoms with E-state index in [0.717, 1.165) is 6.04 Å². The Morgan fingerprint density at radius 2 is 2.09 bits per heavy atom. The van der Waals surface area contributed by atoms with Crippen molar-refractivity contribution in [1.29, 1.82) is 0 Å². The molecule has 0 aromatic carbocycles. The van der Waals surface area contributed by atoms with Gasteiger partial charge in [0.05, 0.1) is 0 Å². The number of hydrogen-bond acceptors (Lipinski definition) is 2. The van der Waals surface area contributed by atoms with Crippen LogP contribution in [0.4, 0.5) is 0 Å². The van der Waals surface area contributed by atoms with Crippen LogP contribution in [0.25, 0.3) is 0 Å². The number of nitrogens with zero attached hydrogens (tertiary/aromatic N) is 2. The molecular weight excluding hydrogens is 203 g/mol. The van der Waals surface area contributed by atoms with Crippen LogP contribution in [-0.4, -0.2) is 37.9 Å². The third-order valence-corrected chi connectivity index (χ3v) is 3.90. The van der Waals surface area contributed by atoms with E-state index in [0.29, 0.717) is 15.2 Å². The summed E-state index contributed by atoms with van der Waals surface area (Å²) in [5, 5.41) is 0. The van der Waals surface area contributed by atoms with Crippen molar-refractivity contribution in [2.45, 2.75) is 38.1 Å². The van der Waals surface area contributed by atoms with E-state index in [1.807, 2.05) is 0 Å². The zero-order chi connectivity index (χ0) is 7.52. The Morgan fingerprint density at radius 1 is 1.27 bits per heavy atom. The van der Waals surface area contributed by atoms with Crippen molar-refractivity contribution in [1.82, 2.24) is 4.90 Å². The molecule has 1 aliphatic heterocycles. The van der Waals surface area contributed by atoms with Crippen LogP contribution in [0.1, 0.15) is 32.1 Å². The van der Waals surface area contributed by atoms with Gasteiger partial charge in [-0.05, 0) is 0 Å². The Balaban J connectivity index is 1.87. The first-order chi connectivity index (χ1) is 5.47. The Labute approximate surface area is 74.4 Å². The van der Waals surface area contributed by atoms with Gasteiger partial charge in [0.2, 0.25) is 0 Å². The van der Waals surface area contributed by atoms with E-state index in [1.165, 1.54) is 37.5 Å². The summed E-state index contributed by atoms with van der Waals surface area (Å²) in [5.41, 5.74) is 1.23. The standard InChI is InChI=1S/C8H14N2Se/c1-2-4-8(5-3-1)10-6-9-11-7-10/h6,8H,1-5,7H2. The van der Waals surface area contributed by atoms with Gasteiger partial charge >= 0.3 is 74.0 Å². The Kier molecular flexibility index (Phi) is 2.49. The first-order valence-corrected chi connectivity index (χ1v) is 6.36. The molecule has 0 bridgehead atoms. The molecule has 1 saturated carbocycles. The van der Waals surface area contributed by atoms with Gasteiger partial charge in [0.15, 0.2) is 0 Å². The van der Waals surface area contributed by atoms with Crippen molar-refractivity contribution in [3.05, 3.63) is 0 Å². The summed E-state index contributed by atoms with van der Waals surface area (Å²) in [6.45, 7) is 0. The van der Waals surface area contributed by atoms with Gasteiger partial charge in [-0.25, -0.2) is 0 Å². The van der Waals surface area contributed by atoms with E-state index in [1.54, 1.807) is 0 Å². The van der Waals surface area contributed by atoms with Crippen LogP contribution < -0.4 is 0 Å². The molecule has 0 aromatic heterocycles. The molecule has 11 heavy (non-hydrogen) atoms. The molecule has 0 radical (unpaired) electrons. The maximum absolute atomic E-state index is 4.30. The zero-order valence-electron chi connectivity index (χ0n) is 6.70. The zero-order valence-corrected chi connectivity index (χ0v) is 8.41. The monoisotopic (exact) mass is 218 g/mol. The van der Waals surface area contributed by atoms with Crippen LogP contribution >= 0.6 is 0 Å². The molecule has 0 atom stereocenters. The molecule has 2 rings (SSSR count). The number of hydrogen-bond donors (Lipinski definition) is 0. The molecular formula is C8H14N2Se. The van der Waals surface area contributed by atoms with Crippen molar-refractivity contribution in [3.63, 3.8) is 0 Å². The summed E-state index contributed by atoms with van der Waals surface area (Å²) in [5.74, 6) is 0. The molecule has 0 N–H and O–H groups in total. The van der Waals surface area contributed by atoms with E-state index < -0.39 is 0 Å². The first kappa shape index (κ1) is 7.63. The molecule has 1 aliphatic carbocycles. The summed E-state index contributed by atoms with van der Waals surface area (Å²) in [6, 6.07) is 0.844. The minimum absolute atomic E-state index is 0.539. The molecule has 2 nitrogen and oxygen atoms in total. The van der Waals surface area contributed by atoms with Crippen LogP contribution in [0.15, 0.2) is 4.01 Å². The van der Waals surface area contributed by atoms with Gasteiger partial charge in [-0.15, -0.1) is 0 Å². The van der Waals surface area contributed by atoms with Crippen LogP contribution in [0, 0.1) is 0 Å². The molecule has 0 amide bonds. The van der Waals surface area contributed by atoms with Gasteiger partial charge in [0, 0.05) is 0 Å². The van der Waals surface area contributed by atoms with E-state index in [-0.39, 0.29) is 0 Å². The van der Waals surface area contributed by atoms with E-state index in [4.69, 9.17) is 0 Å². The molecule has 1 fully saturated rings. The molecule has 0 saturated heterocycles. The van der Waals surface area contributed by atoms with Gasteiger partial charge in [0.1, 0.15) is 0 Å². The van der Waals surface area contributed by atoms with Gasteiger partial charge in [-0.3, -0.25) is 0 Å². The molecule has 0 unspecified atom stereocenters. The van der Waals surface area contributed by atoms with Crippen LogP contribution in [0.2, 0.25) is 0 Å². The van der Waals surface area contributed by atoms with Gasteiger partial charge in [-0.2, -0.15) is 0 Å². The Morgan fingerprint density at radius 3 is 2.73 bits per heavy atom. The Hall–Kier alpha value is -0.0105. The third kappa shape index (κ3) is 1.77. The van der Waals surface area contributed by atoms with Crippen molar-refractivity contribution in [3.8, 4) is 0 Å². The van der Waals surface area contributed by atoms with Gasteiger partial charge in [-0.1, -0.05) is 0 Å². The Bertz CT molecular complexity index is 152. The second-order valence-corrected chi connectivity index (χ2v) is 4.81. The second-order valence-electron chi connectivity index (χ2n) is 3.29. The summed E-state index contributed by atoms with van der Waals surface area (Å²) in [4.78, 5) is 2.46. The number of rotatable bonds is 1. The normalized spacial score (nSPS) is 26.4. The SMILES string of the molecule is C1=N[Se]CN1C1CCCCC1. The van der Waals surface area contributed by atoms with Crippen LogP contribution in [-0.2, 0) is 0 Å².